The summed E-state index contributed by atoms with van der Waals surface area (Å²) in [6.07, 6.45) is 0.591. The van der Waals surface area contributed by atoms with Crippen molar-refractivity contribution in [2.24, 2.45) is 0 Å². The minimum Gasteiger partial charge on any atom is -0.462 e. The molecule has 0 radical (unpaired) electrons. The van der Waals surface area contributed by atoms with Gasteiger partial charge in [-0.3, -0.25) is 9.36 Å². The van der Waals surface area contributed by atoms with Crippen LogP contribution in [0.3, 0.4) is 0 Å². The van der Waals surface area contributed by atoms with Crippen LogP contribution in [0.4, 0.5) is 10.5 Å². The third kappa shape index (κ3) is 6.37. The molecule has 1 aromatic heterocycles. The first kappa shape index (κ1) is 30.3. The van der Waals surface area contributed by atoms with Crippen LogP contribution in [0.25, 0.3) is 27.4 Å². The lowest BCUT2D eigenvalue weighted by molar-refractivity contribution is 0.0526. The standard InChI is InChI=1S/C38H34N4O4/c1-3-46-37(44)29-17-20-31(21-18-29)39-38(45)41(24-23-27-11-5-4-6-12-27)26(2)35-40-34-16-10-9-15-33(34)36(43)42(35)32-22-19-28-13-7-8-14-30(28)25-32/h4-22,25-26H,3,23-24H2,1-2H3,(H,39,45). The predicted octanol–water partition coefficient (Wildman–Crippen LogP) is 7.55. The summed E-state index contributed by atoms with van der Waals surface area (Å²) in [5.41, 5.74) is 3.01. The molecule has 8 nitrogen and oxygen atoms in total. The molecule has 0 aliphatic rings. The molecule has 6 aromatic rings. The molecule has 230 valence electrons. The number of ether oxygens (including phenoxy) is 1. The van der Waals surface area contributed by atoms with E-state index in [1.165, 1.54) is 0 Å². The number of hydrogen-bond donors (Lipinski definition) is 1. The highest BCUT2D eigenvalue weighted by atomic mass is 16.5. The first-order valence-corrected chi connectivity index (χ1v) is 15.3. The number of carbonyl (C=O) groups excluding carboxylic acids is 2. The van der Waals surface area contributed by atoms with E-state index in [9.17, 15) is 14.4 Å². The van der Waals surface area contributed by atoms with Gasteiger partial charge in [-0.05, 0) is 85.1 Å². The van der Waals surface area contributed by atoms with Gasteiger partial charge in [0.15, 0.2) is 0 Å². The first-order chi connectivity index (χ1) is 22.4. The first-order valence-electron chi connectivity index (χ1n) is 15.3. The number of amides is 2. The number of urea groups is 1. The van der Waals surface area contributed by atoms with E-state index in [0.29, 0.717) is 46.6 Å². The van der Waals surface area contributed by atoms with Crippen LogP contribution in [0.15, 0.2) is 126 Å². The van der Waals surface area contributed by atoms with Crippen LogP contribution in [-0.4, -0.2) is 39.6 Å². The lowest BCUT2D eigenvalue weighted by Crippen LogP contribution is -2.41. The van der Waals surface area contributed by atoms with Crippen molar-refractivity contribution in [2.45, 2.75) is 26.3 Å². The summed E-state index contributed by atoms with van der Waals surface area (Å²) in [6, 6.07) is 36.7. The number of para-hydroxylation sites is 1. The van der Waals surface area contributed by atoms with Crippen molar-refractivity contribution >= 4 is 39.4 Å². The molecule has 0 fully saturated rings. The number of fused-ring (bicyclic) bond motifs is 2. The number of nitrogens with one attached hydrogen (secondary N) is 1. The van der Waals surface area contributed by atoms with Gasteiger partial charge in [-0.25, -0.2) is 14.6 Å². The predicted molar refractivity (Wildman–Crippen MR) is 182 cm³/mol. The van der Waals surface area contributed by atoms with Gasteiger partial charge in [0.1, 0.15) is 5.82 Å². The topological polar surface area (TPSA) is 93.5 Å². The summed E-state index contributed by atoms with van der Waals surface area (Å²) < 4.78 is 6.71. The van der Waals surface area contributed by atoms with Gasteiger partial charge in [-0.2, -0.15) is 0 Å². The highest BCUT2D eigenvalue weighted by Gasteiger charge is 2.27. The molecule has 1 unspecified atom stereocenters. The molecule has 1 atom stereocenters. The zero-order valence-corrected chi connectivity index (χ0v) is 25.7. The van der Waals surface area contributed by atoms with Crippen molar-refractivity contribution in [1.82, 2.24) is 14.5 Å². The molecule has 2 amide bonds. The van der Waals surface area contributed by atoms with Gasteiger partial charge < -0.3 is 15.0 Å². The Labute approximate surface area is 266 Å². The second-order valence-electron chi connectivity index (χ2n) is 11.0. The lowest BCUT2D eigenvalue weighted by Gasteiger charge is -2.31. The van der Waals surface area contributed by atoms with Crippen molar-refractivity contribution in [3.63, 3.8) is 0 Å². The molecule has 0 bridgehead atoms. The number of anilines is 1. The van der Waals surface area contributed by atoms with Gasteiger partial charge in [0.05, 0.1) is 34.8 Å². The smallest absolute Gasteiger partial charge is 0.338 e. The summed E-state index contributed by atoms with van der Waals surface area (Å²) in [5, 5.41) is 5.52. The largest absolute Gasteiger partial charge is 0.462 e. The van der Waals surface area contributed by atoms with Crippen molar-refractivity contribution < 1.29 is 14.3 Å². The molecule has 0 saturated heterocycles. The molecule has 0 aliphatic heterocycles. The maximum Gasteiger partial charge on any atom is 0.338 e. The van der Waals surface area contributed by atoms with Crippen LogP contribution in [0.1, 0.15) is 41.6 Å². The Hall–Kier alpha value is -5.76. The normalized spacial score (nSPS) is 11.7. The van der Waals surface area contributed by atoms with Gasteiger partial charge >= 0.3 is 12.0 Å². The van der Waals surface area contributed by atoms with Crippen LogP contribution in [0, 0.1) is 0 Å². The van der Waals surface area contributed by atoms with Crippen LogP contribution in [0.5, 0.6) is 0 Å². The van der Waals surface area contributed by atoms with Crippen molar-refractivity contribution in [2.75, 3.05) is 18.5 Å². The summed E-state index contributed by atoms with van der Waals surface area (Å²) in [6.45, 7) is 4.28. The average molecular weight is 611 g/mol. The highest BCUT2D eigenvalue weighted by molar-refractivity contribution is 5.92. The number of esters is 1. The van der Waals surface area contributed by atoms with E-state index in [1.807, 2.05) is 97.9 Å². The third-order valence-electron chi connectivity index (χ3n) is 8.03. The minimum absolute atomic E-state index is 0.208. The number of hydrogen-bond acceptors (Lipinski definition) is 5. The fourth-order valence-corrected chi connectivity index (χ4v) is 5.60. The molecule has 46 heavy (non-hydrogen) atoms. The highest BCUT2D eigenvalue weighted by Crippen LogP contribution is 2.26. The lowest BCUT2D eigenvalue weighted by atomic mass is 10.1. The molecule has 1 heterocycles. The molecule has 0 spiro atoms. The number of aromatic nitrogens is 2. The quantitative estimate of drug-likeness (QED) is 0.171. The summed E-state index contributed by atoms with van der Waals surface area (Å²) in [4.78, 5) is 47.0. The Balaban J connectivity index is 1.41. The Bertz CT molecular complexity index is 2070. The average Bonchev–Trinajstić information content (AvgIpc) is 3.09. The number of nitrogens with zero attached hydrogens (tertiary/aromatic N) is 3. The van der Waals surface area contributed by atoms with Gasteiger partial charge in [0.2, 0.25) is 0 Å². The molecular weight excluding hydrogens is 576 g/mol. The summed E-state index contributed by atoms with van der Waals surface area (Å²) in [5.74, 6) is 0.0207. The Morgan fingerprint density at radius 3 is 2.30 bits per heavy atom. The molecule has 8 heteroatoms. The van der Waals surface area contributed by atoms with E-state index in [4.69, 9.17) is 9.72 Å². The van der Waals surface area contributed by atoms with Crippen LogP contribution >= 0.6 is 0 Å². The van der Waals surface area contributed by atoms with E-state index in [2.05, 4.69) is 5.32 Å². The molecular formula is C38H34N4O4. The molecule has 1 N–H and O–H groups in total. The maximum atomic E-state index is 14.2. The van der Waals surface area contributed by atoms with Crippen LogP contribution in [0.2, 0.25) is 0 Å². The van der Waals surface area contributed by atoms with Gasteiger partial charge in [0.25, 0.3) is 5.56 Å². The zero-order valence-electron chi connectivity index (χ0n) is 25.7. The van der Waals surface area contributed by atoms with Crippen LogP contribution < -0.4 is 10.9 Å². The van der Waals surface area contributed by atoms with Crippen LogP contribution in [-0.2, 0) is 11.2 Å². The Morgan fingerprint density at radius 1 is 0.848 bits per heavy atom. The van der Waals surface area contributed by atoms with E-state index in [-0.39, 0.29) is 18.2 Å². The van der Waals surface area contributed by atoms with Gasteiger partial charge in [0, 0.05) is 12.2 Å². The molecule has 0 saturated carbocycles. The third-order valence-corrected chi connectivity index (χ3v) is 8.03. The van der Waals surface area contributed by atoms with Crippen molar-refractivity contribution in [3.8, 4) is 5.69 Å². The maximum absolute atomic E-state index is 14.2. The molecule has 0 aliphatic carbocycles. The van der Waals surface area contributed by atoms with Gasteiger partial charge in [-0.1, -0.05) is 72.8 Å². The van der Waals surface area contributed by atoms with E-state index in [1.54, 1.807) is 46.7 Å². The van der Waals surface area contributed by atoms with E-state index < -0.39 is 12.0 Å². The van der Waals surface area contributed by atoms with Crippen molar-refractivity contribution in [3.05, 3.63) is 149 Å². The van der Waals surface area contributed by atoms with E-state index in [0.717, 1.165) is 16.3 Å². The molecule has 6 rings (SSSR count). The second kappa shape index (κ2) is 13.5. The summed E-state index contributed by atoms with van der Waals surface area (Å²) in [7, 11) is 0. The molecule has 5 aromatic carbocycles. The van der Waals surface area contributed by atoms with E-state index >= 15 is 0 Å². The van der Waals surface area contributed by atoms with Gasteiger partial charge in [-0.15, -0.1) is 0 Å². The number of carbonyl (C=O) groups is 2. The fraction of sp³-hybridized carbons (Fsp3) is 0.158. The number of rotatable bonds is 9. The monoisotopic (exact) mass is 610 g/mol. The number of benzene rings is 5. The zero-order chi connectivity index (χ0) is 32.0. The second-order valence-corrected chi connectivity index (χ2v) is 11.0. The fourth-order valence-electron chi connectivity index (χ4n) is 5.60. The SMILES string of the molecule is CCOC(=O)c1ccc(NC(=O)N(CCc2ccccc2)C(C)c2nc3ccccc3c(=O)n2-c2ccc3ccccc3c2)cc1. The Morgan fingerprint density at radius 2 is 1.54 bits per heavy atom. The summed E-state index contributed by atoms with van der Waals surface area (Å²) >= 11 is 0. The minimum atomic E-state index is -0.605. The Kier molecular flexibility index (Phi) is 8.87. The van der Waals surface area contributed by atoms with Crippen molar-refractivity contribution in [1.29, 1.82) is 0 Å².